The molecule has 0 bridgehead atoms. The quantitative estimate of drug-likeness (QED) is 0.0628. The van der Waals surface area contributed by atoms with Crippen LogP contribution in [0.4, 0.5) is 0 Å². The highest BCUT2D eigenvalue weighted by Crippen LogP contribution is 2.32. The van der Waals surface area contributed by atoms with Crippen molar-refractivity contribution in [3.63, 3.8) is 0 Å². The number of ether oxygens (including phenoxy) is 6. The summed E-state index contributed by atoms with van der Waals surface area (Å²) in [6.45, 7) is 0.917. The lowest BCUT2D eigenvalue weighted by molar-refractivity contribution is -0.379. The van der Waals surface area contributed by atoms with Gasteiger partial charge in [0, 0.05) is 6.42 Å². The van der Waals surface area contributed by atoms with Crippen LogP contribution in [0.1, 0.15) is 46.0 Å². The van der Waals surface area contributed by atoms with Gasteiger partial charge in [0.05, 0.1) is 38.6 Å². The van der Waals surface area contributed by atoms with E-state index >= 15 is 0 Å². The number of carbonyl (C=O) groups excluding carboxylic acids is 1. The predicted octanol–water partition coefficient (Wildman–Crippen LogP) is -5.71. The van der Waals surface area contributed by atoms with Crippen molar-refractivity contribution in [3.8, 4) is 0 Å². The molecule has 0 aromatic carbocycles. The Hall–Kier alpha value is -1.21. The summed E-state index contributed by atoms with van der Waals surface area (Å²) in [6, 6.07) is -0.871. The Morgan fingerprint density at radius 2 is 1.15 bits per heavy atom. The van der Waals surface area contributed by atoms with Crippen molar-refractivity contribution < 1.29 is 89.4 Å². The molecule has 19 heteroatoms. The van der Waals surface area contributed by atoms with Crippen LogP contribution in [-0.4, -0.2) is 193 Å². The molecule has 48 heavy (non-hydrogen) atoms. The zero-order chi connectivity index (χ0) is 35.7. The lowest BCUT2D eigenvalue weighted by atomic mass is 9.96. The summed E-state index contributed by atoms with van der Waals surface area (Å²) in [5.41, 5.74) is 0. The molecular formula is C29H53NO18. The number of nitrogens with one attached hydrogen (secondary N) is 1. The van der Waals surface area contributed by atoms with E-state index in [-0.39, 0.29) is 18.9 Å². The molecule has 12 N–H and O–H groups in total. The molecule has 3 aliphatic rings. The molecule has 0 spiro atoms. The van der Waals surface area contributed by atoms with Crippen LogP contribution in [0, 0.1) is 0 Å². The molecule has 3 rings (SSSR count). The van der Waals surface area contributed by atoms with Crippen molar-refractivity contribution in [3.05, 3.63) is 0 Å². The number of hydrogen-bond donors (Lipinski definition) is 12. The molecule has 0 saturated carbocycles. The summed E-state index contributed by atoms with van der Waals surface area (Å²) in [7, 11) is 0. The predicted molar refractivity (Wildman–Crippen MR) is 157 cm³/mol. The van der Waals surface area contributed by atoms with E-state index in [1.807, 2.05) is 6.92 Å². The fourth-order valence-electron chi connectivity index (χ4n) is 5.74. The summed E-state index contributed by atoms with van der Waals surface area (Å²) in [5.74, 6) is -0.347. The SMILES string of the molecule is CCCCCC(O)C(COC1OC(CO)C(OC2OC(CO)C(OC3OC(CO)C(O)C(O)C3O)C(O)C2O)C(O)C1O)NC(=O)CC. The molecular weight excluding hydrogens is 650 g/mol. The number of amides is 1. The normalized spacial score (nSPS) is 41.9. The van der Waals surface area contributed by atoms with Gasteiger partial charge in [-0.05, 0) is 6.42 Å². The number of rotatable bonds is 17. The highest BCUT2D eigenvalue weighted by Gasteiger charge is 2.53. The fourth-order valence-corrected chi connectivity index (χ4v) is 5.74. The third-order valence-corrected chi connectivity index (χ3v) is 8.75. The second kappa shape index (κ2) is 19.4. The van der Waals surface area contributed by atoms with E-state index in [4.69, 9.17) is 28.4 Å². The van der Waals surface area contributed by atoms with Gasteiger partial charge in [-0.2, -0.15) is 0 Å². The monoisotopic (exact) mass is 703 g/mol. The van der Waals surface area contributed by atoms with Gasteiger partial charge in [0.25, 0.3) is 0 Å². The minimum absolute atomic E-state index is 0.145. The van der Waals surface area contributed by atoms with Crippen molar-refractivity contribution in [1.82, 2.24) is 5.32 Å². The Morgan fingerprint density at radius 1 is 0.667 bits per heavy atom. The number of carbonyl (C=O) groups is 1. The second-order valence-corrected chi connectivity index (χ2v) is 12.2. The molecule has 1 amide bonds. The largest absolute Gasteiger partial charge is 0.394 e. The average molecular weight is 704 g/mol. The maximum absolute atomic E-state index is 12.1. The van der Waals surface area contributed by atoms with Crippen LogP contribution in [0.5, 0.6) is 0 Å². The van der Waals surface area contributed by atoms with Gasteiger partial charge in [0.1, 0.15) is 73.2 Å². The summed E-state index contributed by atoms with van der Waals surface area (Å²) >= 11 is 0. The minimum Gasteiger partial charge on any atom is -0.394 e. The zero-order valence-electron chi connectivity index (χ0n) is 27.0. The molecule has 3 saturated heterocycles. The van der Waals surface area contributed by atoms with Crippen LogP contribution in [-0.2, 0) is 33.2 Å². The number of aliphatic hydroxyl groups is 11. The number of aliphatic hydroxyl groups excluding tert-OH is 11. The summed E-state index contributed by atoms with van der Waals surface area (Å²) in [6.07, 6.45) is -23.4. The molecule has 282 valence electrons. The van der Waals surface area contributed by atoms with Gasteiger partial charge in [-0.3, -0.25) is 4.79 Å². The first-order valence-corrected chi connectivity index (χ1v) is 16.3. The van der Waals surface area contributed by atoms with E-state index in [0.717, 1.165) is 12.8 Å². The first-order valence-electron chi connectivity index (χ1n) is 16.3. The Bertz CT molecular complexity index is 946. The van der Waals surface area contributed by atoms with Crippen LogP contribution in [0.15, 0.2) is 0 Å². The lowest BCUT2D eigenvalue weighted by Gasteiger charge is -2.48. The molecule has 0 aromatic rings. The van der Waals surface area contributed by atoms with Gasteiger partial charge in [0.15, 0.2) is 18.9 Å². The van der Waals surface area contributed by atoms with E-state index in [1.165, 1.54) is 0 Å². The van der Waals surface area contributed by atoms with Crippen molar-refractivity contribution in [2.45, 2.75) is 150 Å². The van der Waals surface area contributed by atoms with Crippen molar-refractivity contribution in [2.75, 3.05) is 26.4 Å². The second-order valence-electron chi connectivity index (χ2n) is 12.2. The molecule has 0 aromatic heterocycles. The van der Waals surface area contributed by atoms with E-state index in [2.05, 4.69) is 5.32 Å². The van der Waals surface area contributed by atoms with Crippen LogP contribution >= 0.6 is 0 Å². The summed E-state index contributed by atoms with van der Waals surface area (Å²) in [4.78, 5) is 12.1. The zero-order valence-corrected chi connectivity index (χ0v) is 27.0. The first-order chi connectivity index (χ1) is 22.8. The number of hydrogen-bond acceptors (Lipinski definition) is 18. The van der Waals surface area contributed by atoms with Crippen LogP contribution in [0.2, 0.25) is 0 Å². The fraction of sp³-hybridized carbons (Fsp3) is 0.966. The van der Waals surface area contributed by atoms with Crippen LogP contribution < -0.4 is 5.32 Å². The van der Waals surface area contributed by atoms with Gasteiger partial charge >= 0.3 is 0 Å². The molecule has 3 aliphatic heterocycles. The molecule has 0 aliphatic carbocycles. The first kappa shape index (κ1) is 41.2. The van der Waals surface area contributed by atoms with E-state index in [0.29, 0.717) is 12.8 Å². The lowest BCUT2D eigenvalue weighted by Crippen LogP contribution is -2.66. The molecule has 0 radical (unpaired) electrons. The summed E-state index contributed by atoms with van der Waals surface area (Å²) in [5, 5.41) is 117. The highest BCUT2D eigenvalue weighted by atomic mass is 16.8. The molecule has 17 unspecified atom stereocenters. The summed E-state index contributed by atoms with van der Waals surface area (Å²) < 4.78 is 33.3. The average Bonchev–Trinajstić information content (AvgIpc) is 3.08. The van der Waals surface area contributed by atoms with E-state index in [9.17, 15) is 61.0 Å². The molecule has 3 heterocycles. The van der Waals surface area contributed by atoms with Gasteiger partial charge in [-0.15, -0.1) is 0 Å². The van der Waals surface area contributed by atoms with Crippen LogP contribution in [0.3, 0.4) is 0 Å². The van der Waals surface area contributed by atoms with Gasteiger partial charge < -0.3 is 89.9 Å². The van der Waals surface area contributed by atoms with Crippen LogP contribution in [0.25, 0.3) is 0 Å². The van der Waals surface area contributed by atoms with Gasteiger partial charge in [-0.1, -0.05) is 33.1 Å². The molecule has 17 atom stereocenters. The Balaban J connectivity index is 1.66. The van der Waals surface area contributed by atoms with E-state index in [1.54, 1.807) is 6.92 Å². The Morgan fingerprint density at radius 3 is 1.65 bits per heavy atom. The van der Waals surface area contributed by atoms with Crippen molar-refractivity contribution >= 4 is 5.91 Å². The third kappa shape index (κ3) is 9.98. The third-order valence-electron chi connectivity index (χ3n) is 8.75. The molecule has 19 nitrogen and oxygen atoms in total. The van der Waals surface area contributed by atoms with Gasteiger partial charge in [-0.25, -0.2) is 0 Å². The maximum atomic E-state index is 12.1. The van der Waals surface area contributed by atoms with Crippen molar-refractivity contribution in [2.24, 2.45) is 0 Å². The molecule has 3 fully saturated rings. The maximum Gasteiger partial charge on any atom is 0.220 e. The topological polar surface area (TPSA) is 307 Å². The smallest absolute Gasteiger partial charge is 0.220 e. The highest BCUT2D eigenvalue weighted by molar-refractivity contribution is 5.75. The van der Waals surface area contributed by atoms with Gasteiger partial charge in [0.2, 0.25) is 5.91 Å². The Kier molecular flexibility index (Phi) is 16.7. The standard InChI is InChI=1S/C29H53NO18/c1-3-5-6-7-13(34)12(30-17(35)4-2)11-43-27-23(41)20(38)25(15(9-32)45-27)48-29-24(42)21(39)26(16(10-33)46-29)47-28-22(40)19(37)18(36)14(8-31)44-28/h12-16,18-29,31-34,36-42H,3-11H2,1-2H3,(H,30,35). The number of unbranched alkanes of at least 4 members (excludes halogenated alkanes) is 2. The van der Waals surface area contributed by atoms with E-state index < -0.39 is 124 Å². The minimum atomic E-state index is -1.96. The van der Waals surface area contributed by atoms with Crippen molar-refractivity contribution in [1.29, 1.82) is 0 Å². The Labute approximate surface area is 277 Å².